The molecule has 0 saturated heterocycles. The largest absolute Gasteiger partial charge is 0.497 e. The minimum absolute atomic E-state index is 0.336. The fraction of sp³-hybridized carbons (Fsp3) is 0.143. The number of rotatable bonds is 3. The molecule has 0 saturated carbocycles. The van der Waals surface area contributed by atoms with Gasteiger partial charge in [-0.15, -0.1) is 0 Å². The molecule has 0 bridgehead atoms. The molecule has 2 aromatic rings. The van der Waals surface area contributed by atoms with Gasteiger partial charge in [-0.2, -0.15) is 0 Å². The molecule has 3 nitrogen and oxygen atoms in total. The number of hydrogen-bond acceptors (Lipinski definition) is 3. The molecule has 0 aromatic heterocycles. The van der Waals surface area contributed by atoms with Crippen molar-refractivity contribution >= 4 is 17.1 Å². The van der Waals surface area contributed by atoms with Crippen LogP contribution in [0.1, 0.15) is 5.56 Å². The van der Waals surface area contributed by atoms with Crippen LogP contribution in [0.2, 0.25) is 0 Å². The van der Waals surface area contributed by atoms with Crippen LogP contribution in [0.15, 0.2) is 36.4 Å². The maximum Gasteiger partial charge on any atom is 0.146 e. The molecular formula is C14H15FN2O. The minimum Gasteiger partial charge on any atom is -0.497 e. The Labute approximate surface area is 105 Å². The van der Waals surface area contributed by atoms with Gasteiger partial charge in [-0.3, -0.25) is 0 Å². The van der Waals surface area contributed by atoms with Crippen LogP contribution >= 0.6 is 0 Å². The lowest BCUT2D eigenvalue weighted by Gasteiger charge is -2.12. The van der Waals surface area contributed by atoms with Crippen molar-refractivity contribution in [2.45, 2.75) is 6.92 Å². The van der Waals surface area contributed by atoms with E-state index in [2.05, 4.69) is 5.32 Å². The number of ether oxygens (including phenoxy) is 1. The summed E-state index contributed by atoms with van der Waals surface area (Å²) in [7, 11) is 1.54. The summed E-state index contributed by atoms with van der Waals surface area (Å²) in [6.07, 6.45) is 0. The Bertz CT molecular complexity index is 570. The maximum absolute atomic E-state index is 13.7. The molecule has 0 spiro atoms. The second-order valence-corrected chi connectivity index (χ2v) is 3.99. The SMILES string of the molecule is COc1ccc(F)c(Nc2cccc(N)c2C)c1. The average Bonchev–Trinajstić information content (AvgIpc) is 2.37. The lowest BCUT2D eigenvalue weighted by molar-refractivity contribution is 0.414. The molecule has 18 heavy (non-hydrogen) atoms. The molecule has 0 unspecified atom stereocenters. The van der Waals surface area contributed by atoms with Crippen LogP contribution in [0.3, 0.4) is 0 Å². The van der Waals surface area contributed by atoms with E-state index < -0.39 is 0 Å². The van der Waals surface area contributed by atoms with Gasteiger partial charge >= 0.3 is 0 Å². The predicted octanol–water partition coefficient (Wildman–Crippen LogP) is 3.47. The summed E-state index contributed by atoms with van der Waals surface area (Å²) >= 11 is 0. The first kappa shape index (κ1) is 12.2. The van der Waals surface area contributed by atoms with Crippen LogP contribution in [-0.4, -0.2) is 7.11 Å². The molecule has 2 rings (SSSR count). The fourth-order valence-electron chi connectivity index (χ4n) is 1.66. The number of methoxy groups -OCH3 is 1. The van der Waals surface area contributed by atoms with E-state index >= 15 is 0 Å². The molecule has 0 amide bonds. The zero-order valence-corrected chi connectivity index (χ0v) is 10.3. The van der Waals surface area contributed by atoms with Crippen molar-refractivity contribution in [2.24, 2.45) is 0 Å². The van der Waals surface area contributed by atoms with E-state index in [0.717, 1.165) is 11.3 Å². The van der Waals surface area contributed by atoms with Crippen molar-refractivity contribution in [1.29, 1.82) is 0 Å². The normalized spacial score (nSPS) is 10.2. The summed E-state index contributed by atoms with van der Waals surface area (Å²) in [6, 6.07) is 10.0. The first-order valence-corrected chi connectivity index (χ1v) is 5.57. The van der Waals surface area contributed by atoms with E-state index in [4.69, 9.17) is 10.5 Å². The number of nitrogen functional groups attached to an aromatic ring is 1. The molecule has 0 heterocycles. The molecule has 94 valence electrons. The van der Waals surface area contributed by atoms with E-state index in [-0.39, 0.29) is 5.82 Å². The highest BCUT2D eigenvalue weighted by Crippen LogP contribution is 2.28. The van der Waals surface area contributed by atoms with Gasteiger partial charge in [-0.05, 0) is 36.8 Å². The zero-order chi connectivity index (χ0) is 13.1. The van der Waals surface area contributed by atoms with Gasteiger partial charge in [0.2, 0.25) is 0 Å². The Morgan fingerprint density at radius 1 is 1.17 bits per heavy atom. The van der Waals surface area contributed by atoms with Crippen LogP contribution < -0.4 is 15.8 Å². The van der Waals surface area contributed by atoms with E-state index in [9.17, 15) is 4.39 Å². The van der Waals surface area contributed by atoms with Gasteiger partial charge in [0.05, 0.1) is 12.8 Å². The van der Waals surface area contributed by atoms with Gasteiger partial charge < -0.3 is 15.8 Å². The van der Waals surface area contributed by atoms with Crippen molar-refractivity contribution in [3.8, 4) is 5.75 Å². The third kappa shape index (κ3) is 2.37. The summed E-state index contributed by atoms with van der Waals surface area (Å²) in [6.45, 7) is 1.88. The number of halogens is 1. The van der Waals surface area contributed by atoms with Crippen LogP contribution in [0.4, 0.5) is 21.5 Å². The topological polar surface area (TPSA) is 47.3 Å². The first-order chi connectivity index (χ1) is 8.61. The highest BCUT2D eigenvalue weighted by atomic mass is 19.1. The molecule has 0 fully saturated rings. The fourth-order valence-corrected chi connectivity index (χ4v) is 1.66. The van der Waals surface area contributed by atoms with Crippen LogP contribution in [-0.2, 0) is 0 Å². The van der Waals surface area contributed by atoms with Crippen molar-refractivity contribution in [2.75, 3.05) is 18.2 Å². The minimum atomic E-state index is -0.336. The summed E-state index contributed by atoms with van der Waals surface area (Å²) < 4.78 is 18.7. The van der Waals surface area contributed by atoms with Gasteiger partial charge in [0, 0.05) is 17.4 Å². The van der Waals surface area contributed by atoms with Crippen molar-refractivity contribution in [3.63, 3.8) is 0 Å². The number of anilines is 3. The molecule has 0 aliphatic carbocycles. The van der Waals surface area contributed by atoms with Gasteiger partial charge in [0.25, 0.3) is 0 Å². The van der Waals surface area contributed by atoms with Crippen LogP contribution in [0.25, 0.3) is 0 Å². The summed E-state index contributed by atoms with van der Waals surface area (Å²) in [5.41, 5.74) is 8.51. The van der Waals surface area contributed by atoms with E-state index in [1.54, 1.807) is 19.2 Å². The molecule has 4 heteroatoms. The van der Waals surface area contributed by atoms with Gasteiger partial charge in [0.1, 0.15) is 11.6 Å². The van der Waals surface area contributed by atoms with E-state index in [1.807, 2.05) is 25.1 Å². The van der Waals surface area contributed by atoms with E-state index in [1.165, 1.54) is 6.07 Å². The van der Waals surface area contributed by atoms with Gasteiger partial charge in [-0.25, -0.2) is 4.39 Å². The van der Waals surface area contributed by atoms with Crippen molar-refractivity contribution in [3.05, 3.63) is 47.8 Å². The molecule has 0 atom stereocenters. The van der Waals surface area contributed by atoms with Crippen molar-refractivity contribution in [1.82, 2.24) is 0 Å². The Kier molecular flexibility index (Phi) is 3.37. The third-order valence-corrected chi connectivity index (χ3v) is 2.82. The lowest BCUT2D eigenvalue weighted by atomic mass is 10.1. The monoisotopic (exact) mass is 246 g/mol. The summed E-state index contributed by atoms with van der Waals surface area (Å²) in [5, 5.41) is 3.02. The summed E-state index contributed by atoms with van der Waals surface area (Å²) in [4.78, 5) is 0. The molecule has 2 aromatic carbocycles. The summed E-state index contributed by atoms with van der Waals surface area (Å²) in [5.74, 6) is 0.262. The quantitative estimate of drug-likeness (QED) is 0.815. The molecule has 0 aliphatic heterocycles. The average molecular weight is 246 g/mol. The zero-order valence-electron chi connectivity index (χ0n) is 10.3. The third-order valence-electron chi connectivity index (χ3n) is 2.82. The Morgan fingerprint density at radius 2 is 1.94 bits per heavy atom. The number of benzene rings is 2. The molecule has 0 radical (unpaired) electrons. The Morgan fingerprint density at radius 3 is 2.67 bits per heavy atom. The van der Waals surface area contributed by atoms with Crippen LogP contribution in [0.5, 0.6) is 5.75 Å². The maximum atomic E-state index is 13.7. The van der Waals surface area contributed by atoms with E-state index in [0.29, 0.717) is 17.1 Å². The Balaban J connectivity index is 2.36. The standard InChI is InChI=1S/C14H15FN2O/c1-9-12(16)4-3-5-13(9)17-14-8-10(18-2)6-7-11(14)15/h3-8,17H,16H2,1-2H3. The van der Waals surface area contributed by atoms with Crippen molar-refractivity contribution < 1.29 is 9.13 Å². The second kappa shape index (κ2) is 4.96. The predicted molar refractivity (Wildman–Crippen MR) is 71.8 cm³/mol. The van der Waals surface area contributed by atoms with Gasteiger partial charge in [-0.1, -0.05) is 6.07 Å². The number of nitrogens with one attached hydrogen (secondary N) is 1. The lowest BCUT2D eigenvalue weighted by Crippen LogP contribution is -1.99. The van der Waals surface area contributed by atoms with Crippen LogP contribution in [0, 0.1) is 12.7 Å². The van der Waals surface area contributed by atoms with Gasteiger partial charge in [0.15, 0.2) is 0 Å². The highest BCUT2D eigenvalue weighted by molar-refractivity contribution is 5.70. The number of hydrogen-bond donors (Lipinski definition) is 2. The number of nitrogens with two attached hydrogens (primary N) is 1. The molecular weight excluding hydrogens is 231 g/mol. The second-order valence-electron chi connectivity index (χ2n) is 3.99. The molecule has 0 aliphatic rings. The smallest absolute Gasteiger partial charge is 0.146 e. The highest BCUT2D eigenvalue weighted by Gasteiger charge is 2.07. The molecule has 3 N–H and O–H groups in total. The Hall–Kier alpha value is -2.23. The first-order valence-electron chi connectivity index (χ1n) is 5.57.